The van der Waals surface area contributed by atoms with E-state index in [1.165, 1.54) is 0 Å². The summed E-state index contributed by atoms with van der Waals surface area (Å²) >= 11 is 0. The predicted octanol–water partition coefficient (Wildman–Crippen LogP) is 1.74. The molecule has 0 bridgehead atoms. The van der Waals surface area contributed by atoms with E-state index in [1.54, 1.807) is 6.92 Å². The molecule has 72 valence electrons. The van der Waals surface area contributed by atoms with Crippen molar-refractivity contribution in [3.63, 3.8) is 0 Å². The van der Waals surface area contributed by atoms with Crippen molar-refractivity contribution < 1.29 is 9.53 Å². The quantitative estimate of drug-likeness (QED) is 0.623. The maximum atomic E-state index is 11.6. The van der Waals surface area contributed by atoms with Crippen LogP contribution in [-0.2, 0) is 9.53 Å². The molecule has 0 N–H and O–H groups in total. The van der Waals surface area contributed by atoms with E-state index in [0.717, 1.165) is 0 Å². The highest BCUT2D eigenvalue weighted by Crippen LogP contribution is 2.58. The Hall–Kier alpha value is -1.04. The molecule has 0 radical (unpaired) electrons. The summed E-state index contributed by atoms with van der Waals surface area (Å²) in [5, 5.41) is 8.75. The largest absolute Gasteiger partial charge is 0.466 e. The molecule has 0 aromatic heterocycles. The number of hydrogen-bond donors (Lipinski definition) is 0. The second kappa shape index (κ2) is 3.37. The van der Waals surface area contributed by atoms with Crippen LogP contribution in [0.25, 0.3) is 0 Å². The van der Waals surface area contributed by atoms with Gasteiger partial charge in [0.05, 0.1) is 24.0 Å². The van der Waals surface area contributed by atoms with Gasteiger partial charge in [-0.2, -0.15) is 5.26 Å². The van der Waals surface area contributed by atoms with Gasteiger partial charge in [0.15, 0.2) is 0 Å². The fourth-order valence-electron chi connectivity index (χ4n) is 1.80. The van der Waals surface area contributed by atoms with Gasteiger partial charge in [0.25, 0.3) is 0 Å². The summed E-state index contributed by atoms with van der Waals surface area (Å²) in [4.78, 5) is 11.6. The van der Waals surface area contributed by atoms with E-state index < -0.39 is 5.41 Å². The Kier molecular flexibility index (Phi) is 2.60. The standard InChI is InChI=1S/C10H15NO2/c1-4-13-9(12)10(7(2)3)5-8(10)6-11/h7-8H,4-5H2,1-3H3. The summed E-state index contributed by atoms with van der Waals surface area (Å²) in [6.07, 6.45) is 0.667. The molecule has 3 nitrogen and oxygen atoms in total. The van der Waals surface area contributed by atoms with Crippen LogP contribution < -0.4 is 0 Å². The minimum Gasteiger partial charge on any atom is -0.466 e. The number of nitriles is 1. The number of esters is 1. The van der Waals surface area contributed by atoms with Crippen molar-refractivity contribution in [1.82, 2.24) is 0 Å². The third-order valence-corrected chi connectivity index (χ3v) is 2.85. The van der Waals surface area contributed by atoms with Crippen LogP contribution in [0, 0.1) is 28.6 Å². The Labute approximate surface area is 78.7 Å². The lowest BCUT2D eigenvalue weighted by atomic mass is 9.90. The highest BCUT2D eigenvalue weighted by atomic mass is 16.5. The summed E-state index contributed by atoms with van der Waals surface area (Å²) in [6.45, 7) is 6.11. The van der Waals surface area contributed by atoms with Crippen LogP contribution in [0.2, 0.25) is 0 Å². The van der Waals surface area contributed by atoms with Crippen LogP contribution in [0.15, 0.2) is 0 Å². The van der Waals surface area contributed by atoms with Crippen molar-refractivity contribution in [3.05, 3.63) is 0 Å². The number of ether oxygens (including phenoxy) is 1. The van der Waals surface area contributed by atoms with Gasteiger partial charge in [-0.05, 0) is 19.3 Å². The highest BCUT2D eigenvalue weighted by Gasteiger charge is 2.63. The number of rotatable bonds is 3. The Morgan fingerprint density at radius 1 is 1.77 bits per heavy atom. The van der Waals surface area contributed by atoms with Crippen LogP contribution >= 0.6 is 0 Å². The van der Waals surface area contributed by atoms with Gasteiger partial charge in [-0.1, -0.05) is 13.8 Å². The van der Waals surface area contributed by atoms with Crippen molar-refractivity contribution in [2.75, 3.05) is 6.61 Å². The zero-order chi connectivity index (χ0) is 10.1. The van der Waals surface area contributed by atoms with Gasteiger partial charge in [0.1, 0.15) is 0 Å². The average molecular weight is 181 g/mol. The first-order chi connectivity index (χ1) is 6.09. The average Bonchev–Trinajstić information content (AvgIpc) is 2.79. The topological polar surface area (TPSA) is 50.1 Å². The van der Waals surface area contributed by atoms with Crippen molar-refractivity contribution in [3.8, 4) is 6.07 Å². The lowest BCUT2D eigenvalue weighted by Gasteiger charge is -2.17. The molecule has 0 heterocycles. The molecule has 1 saturated carbocycles. The fourth-order valence-corrected chi connectivity index (χ4v) is 1.80. The Bertz CT molecular complexity index is 254. The first-order valence-corrected chi connectivity index (χ1v) is 4.66. The third-order valence-electron chi connectivity index (χ3n) is 2.85. The van der Waals surface area contributed by atoms with E-state index in [-0.39, 0.29) is 17.8 Å². The minimum absolute atomic E-state index is 0.133. The Morgan fingerprint density at radius 2 is 2.38 bits per heavy atom. The van der Waals surface area contributed by atoms with Crippen LogP contribution in [-0.4, -0.2) is 12.6 Å². The molecule has 0 spiro atoms. The van der Waals surface area contributed by atoms with Gasteiger partial charge in [0.2, 0.25) is 0 Å². The SMILES string of the molecule is CCOC(=O)C1(C(C)C)CC1C#N. The summed E-state index contributed by atoms with van der Waals surface area (Å²) in [5.74, 6) is -0.140. The summed E-state index contributed by atoms with van der Waals surface area (Å²) in [5.41, 5.74) is -0.495. The molecule has 0 amide bonds. The van der Waals surface area contributed by atoms with Crippen molar-refractivity contribution >= 4 is 5.97 Å². The normalized spacial score (nSPS) is 31.2. The molecule has 0 aromatic rings. The van der Waals surface area contributed by atoms with Gasteiger partial charge >= 0.3 is 5.97 Å². The monoisotopic (exact) mass is 181 g/mol. The lowest BCUT2D eigenvalue weighted by molar-refractivity contribution is -0.152. The van der Waals surface area contributed by atoms with Crippen molar-refractivity contribution in [2.45, 2.75) is 27.2 Å². The van der Waals surface area contributed by atoms with E-state index in [4.69, 9.17) is 10.00 Å². The molecule has 1 fully saturated rings. The zero-order valence-corrected chi connectivity index (χ0v) is 8.33. The molecule has 3 heteroatoms. The van der Waals surface area contributed by atoms with Crippen LogP contribution in [0.3, 0.4) is 0 Å². The second-order valence-corrected chi connectivity index (χ2v) is 3.80. The maximum absolute atomic E-state index is 11.6. The van der Waals surface area contributed by atoms with Gasteiger partial charge < -0.3 is 4.74 Å². The molecule has 1 aliphatic rings. The fraction of sp³-hybridized carbons (Fsp3) is 0.800. The molecule has 2 atom stereocenters. The molecule has 2 unspecified atom stereocenters. The Balaban J connectivity index is 2.73. The number of carbonyl (C=O) groups is 1. The van der Waals surface area contributed by atoms with Crippen molar-refractivity contribution in [1.29, 1.82) is 5.26 Å². The molecular weight excluding hydrogens is 166 g/mol. The highest BCUT2D eigenvalue weighted by molar-refractivity contribution is 5.81. The number of nitrogens with zero attached hydrogens (tertiary/aromatic N) is 1. The van der Waals surface area contributed by atoms with E-state index in [1.807, 2.05) is 13.8 Å². The first-order valence-electron chi connectivity index (χ1n) is 4.66. The molecule has 1 rings (SSSR count). The molecule has 0 saturated heterocycles. The smallest absolute Gasteiger partial charge is 0.313 e. The predicted molar refractivity (Wildman–Crippen MR) is 47.6 cm³/mol. The lowest BCUT2D eigenvalue weighted by Crippen LogP contribution is -2.26. The molecule has 0 aromatic carbocycles. The van der Waals surface area contributed by atoms with E-state index in [0.29, 0.717) is 13.0 Å². The minimum atomic E-state index is -0.495. The first kappa shape index (κ1) is 10.0. The van der Waals surface area contributed by atoms with Crippen LogP contribution in [0.4, 0.5) is 0 Å². The maximum Gasteiger partial charge on any atom is 0.313 e. The summed E-state index contributed by atoms with van der Waals surface area (Å²) in [6, 6.07) is 2.15. The van der Waals surface area contributed by atoms with Gasteiger partial charge in [-0.25, -0.2) is 0 Å². The van der Waals surface area contributed by atoms with Crippen LogP contribution in [0.5, 0.6) is 0 Å². The molecule has 13 heavy (non-hydrogen) atoms. The summed E-state index contributed by atoms with van der Waals surface area (Å²) < 4.78 is 4.97. The molecule has 0 aliphatic heterocycles. The summed E-state index contributed by atoms with van der Waals surface area (Å²) in [7, 11) is 0. The van der Waals surface area contributed by atoms with Gasteiger partial charge in [-0.15, -0.1) is 0 Å². The van der Waals surface area contributed by atoms with Gasteiger partial charge in [0, 0.05) is 0 Å². The van der Waals surface area contributed by atoms with E-state index >= 15 is 0 Å². The molecular formula is C10H15NO2. The molecule has 1 aliphatic carbocycles. The van der Waals surface area contributed by atoms with Crippen molar-refractivity contribution in [2.24, 2.45) is 17.3 Å². The third kappa shape index (κ3) is 1.41. The van der Waals surface area contributed by atoms with E-state index in [9.17, 15) is 4.79 Å². The van der Waals surface area contributed by atoms with Gasteiger partial charge in [-0.3, -0.25) is 4.79 Å². The van der Waals surface area contributed by atoms with E-state index in [2.05, 4.69) is 6.07 Å². The number of hydrogen-bond acceptors (Lipinski definition) is 3. The van der Waals surface area contributed by atoms with Crippen LogP contribution in [0.1, 0.15) is 27.2 Å². The second-order valence-electron chi connectivity index (χ2n) is 3.80. The Morgan fingerprint density at radius 3 is 2.69 bits per heavy atom. The zero-order valence-electron chi connectivity index (χ0n) is 8.33. The number of carbonyl (C=O) groups excluding carboxylic acids is 1.